The molecule has 2 nitrogen and oxygen atoms in total. The lowest BCUT2D eigenvalue weighted by atomic mass is 10.1. The lowest BCUT2D eigenvalue weighted by Crippen LogP contribution is -1.98. The second-order valence-corrected chi connectivity index (χ2v) is 3.66. The van der Waals surface area contributed by atoms with Crippen LogP contribution in [-0.4, -0.2) is 5.26 Å². The molecule has 0 amide bonds. The maximum atomic E-state index is 8.79. The third kappa shape index (κ3) is 0.924. The Hall–Kier alpha value is -1.38. The minimum absolute atomic E-state index is 0.184. The SMILES string of the molecule is OO[C@@H]1Cc2cccc3cccc1c23. The van der Waals surface area contributed by atoms with Crippen LogP contribution in [0.5, 0.6) is 0 Å². The predicted octanol–water partition coefficient (Wildman–Crippen LogP) is 2.93. The van der Waals surface area contributed by atoms with Crippen molar-refractivity contribution in [2.24, 2.45) is 0 Å². The van der Waals surface area contributed by atoms with E-state index < -0.39 is 0 Å². The molecule has 2 heteroatoms. The summed E-state index contributed by atoms with van der Waals surface area (Å²) in [5, 5.41) is 11.3. The molecule has 0 saturated carbocycles. The number of hydrogen-bond donors (Lipinski definition) is 1. The van der Waals surface area contributed by atoms with Crippen molar-refractivity contribution in [3.63, 3.8) is 0 Å². The van der Waals surface area contributed by atoms with Crippen LogP contribution in [0.4, 0.5) is 0 Å². The minimum Gasteiger partial charge on any atom is -0.251 e. The summed E-state index contributed by atoms with van der Waals surface area (Å²) in [5.41, 5.74) is 2.36. The summed E-state index contributed by atoms with van der Waals surface area (Å²) in [5.74, 6) is 0. The van der Waals surface area contributed by atoms with E-state index in [1.54, 1.807) is 0 Å². The van der Waals surface area contributed by atoms with Crippen molar-refractivity contribution in [3.05, 3.63) is 47.5 Å². The van der Waals surface area contributed by atoms with Crippen LogP contribution in [0, 0.1) is 0 Å². The van der Waals surface area contributed by atoms with Gasteiger partial charge in [0.25, 0.3) is 0 Å². The Morgan fingerprint density at radius 2 is 1.93 bits per heavy atom. The highest BCUT2D eigenvalue weighted by atomic mass is 17.1. The van der Waals surface area contributed by atoms with Crippen LogP contribution >= 0.6 is 0 Å². The molecule has 2 aromatic carbocycles. The molecule has 0 fully saturated rings. The molecule has 1 aliphatic carbocycles. The average Bonchev–Trinajstić information content (AvgIpc) is 2.60. The van der Waals surface area contributed by atoms with Gasteiger partial charge in [0.2, 0.25) is 0 Å². The van der Waals surface area contributed by atoms with Gasteiger partial charge in [-0.25, -0.2) is 4.89 Å². The fourth-order valence-corrected chi connectivity index (χ4v) is 2.29. The monoisotopic (exact) mass is 186 g/mol. The van der Waals surface area contributed by atoms with Crippen molar-refractivity contribution in [2.75, 3.05) is 0 Å². The molecule has 2 aromatic rings. The zero-order valence-electron chi connectivity index (χ0n) is 7.60. The van der Waals surface area contributed by atoms with Gasteiger partial charge in [0.1, 0.15) is 6.10 Å². The first-order valence-electron chi connectivity index (χ1n) is 4.71. The van der Waals surface area contributed by atoms with E-state index in [0.717, 1.165) is 12.0 Å². The highest BCUT2D eigenvalue weighted by molar-refractivity contribution is 5.91. The Bertz CT molecular complexity index is 485. The van der Waals surface area contributed by atoms with E-state index in [2.05, 4.69) is 23.1 Å². The lowest BCUT2D eigenvalue weighted by molar-refractivity contribution is -0.280. The van der Waals surface area contributed by atoms with Crippen molar-refractivity contribution in [3.8, 4) is 0 Å². The van der Waals surface area contributed by atoms with E-state index in [9.17, 15) is 0 Å². The largest absolute Gasteiger partial charge is 0.251 e. The fourth-order valence-electron chi connectivity index (χ4n) is 2.29. The molecule has 0 heterocycles. The third-order valence-corrected chi connectivity index (χ3v) is 2.90. The number of benzene rings is 2. The van der Waals surface area contributed by atoms with Crippen molar-refractivity contribution in [1.82, 2.24) is 0 Å². The van der Waals surface area contributed by atoms with E-state index >= 15 is 0 Å². The van der Waals surface area contributed by atoms with Gasteiger partial charge in [0.15, 0.2) is 0 Å². The Labute approximate surface area is 81.7 Å². The Morgan fingerprint density at radius 3 is 2.71 bits per heavy atom. The molecule has 0 bridgehead atoms. The van der Waals surface area contributed by atoms with Crippen molar-refractivity contribution < 1.29 is 10.1 Å². The molecular formula is C12H10O2. The Kier molecular flexibility index (Phi) is 1.60. The maximum absolute atomic E-state index is 8.79. The maximum Gasteiger partial charge on any atom is 0.122 e. The summed E-state index contributed by atoms with van der Waals surface area (Å²) in [7, 11) is 0. The zero-order chi connectivity index (χ0) is 9.54. The smallest absolute Gasteiger partial charge is 0.122 e. The van der Waals surface area contributed by atoms with E-state index in [1.807, 2.05) is 18.2 Å². The van der Waals surface area contributed by atoms with Crippen LogP contribution < -0.4 is 0 Å². The first kappa shape index (κ1) is 7.97. The van der Waals surface area contributed by atoms with Crippen LogP contribution in [-0.2, 0) is 11.3 Å². The molecule has 3 rings (SSSR count). The van der Waals surface area contributed by atoms with Gasteiger partial charge in [-0.05, 0) is 21.9 Å². The molecule has 0 radical (unpaired) electrons. The molecule has 0 saturated heterocycles. The lowest BCUT2D eigenvalue weighted by Gasteiger charge is -2.05. The molecule has 0 aromatic heterocycles. The number of rotatable bonds is 1. The Morgan fingerprint density at radius 1 is 1.14 bits per heavy atom. The van der Waals surface area contributed by atoms with Crippen LogP contribution in [0.1, 0.15) is 17.2 Å². The standard InChI is InChI=1S/C12H10O2/c13-14-11-7-9-5-1-3-8-4-2-6-10(11)12(8)9/h1-6,11,13H,7H2/t11-/m1/s1. The molecule has 1 atom stereocenters. The quantitative estimate of drug-likeness (QED) is 0.548. The van der Waals surface area contributed by atoms with Crippen molar-refractivity contribution in [2.45, 2.75) is 12.5 Å². The minimum atomic E-state index is -0.184. The van der Waals surface area contributed by atoms with E-state index in [-0.39, 0.29) is 6.10 Å². The normalized spacial score (nSPS) is 19.1. The molecular weight excluding hydrogens is 176 g/mol. The van der Waals surface area contributed by atoms with Gasteiger partial charge < -0.3 is 0 Å². The second-order valence-electron chi connectivity index (χ2n) is 3.66. The molecule has 0 spiro atoms. The average molecular weight is 186 g/mol. The molecule has 0 aliphatic heterocycles. The first-order chi connectivity index (χ1) is 6.90. The number of hydrogen-bond acceptors (Lipinski definition) is 2. The van der Waals surface area contributed by atoms with Gasteiger partial charge in [0, 0.05) is 6.42 Å². The highest BCUT2D eigenvalue weighted by Crippen LogP contribution is 2.38. The topological polar surface area (TPSA) is 29.5 Å². The van der Waals surface area contributed by atoms with E-state index in [1.165, 1.54) is 16.3 Å². The molecule has 0 unspecified atom stereocenters. The summed E-state index contributed by atoms with van der Waals surface area (Å²) in [6, 6.07) is 12.3. The molecule has 1 N–H and O–H groups in total. The van der Waals surface area contributed by atoms with Gasteiger partial charge in [-0.3, -0.25) is 5.26 Å². The molecule has 14 heavy (non-hydrogen) atoms. The summed E-state index contributed by atoms with van der Waals surface area (Å²) in [4.78, 5) is 4.48. The van der Waals surface area contributed by atoms with E-state index in [0.29, 0.717) is 0 Å². The highest BCUT2D eigenvalue weighted by Gasteiger charge is 2.24. The van der Waals surface area contributed by atoms with Gasteiger partial charge >= 0.3 is 0 Å². The fraction of sp³-hybridized carbons (Fsp3) is 0.167. The first-order valence-corrected chi connectivity index (χ1v) is 4.71. The van der Waals surface area contributed by atoms with Gasteiger partial charge in [-0.15, -0.1) is 0 Å². The van der Waals surface area contributed by atoms with Gasteiger partial charge in [-0.1, -0.05) is 36.4 Å². The summed E-state index contributed by atoms with van der Waals surface area (Å²) in [6.07, 6.45) is 0.587. The van der Waals surface area contributed by atoms with Gasteiger partial charge in [0.05, 0.1) is 0 Å². The van der Waals surface area contributed by atoms with Crippen LogP contribution in [0.3, 0.4) is 0 Å². The molecule has 1 aliphatic rings. The van der Waals surface area contributed by atoms with Crippen LogP contribution in [0.15, 0.2) is 36.4 Å². The Balaban J connectivity index is 2.38. The van der Waals surface area contributed by atoms with Crippen molar-refractivity contribution >= 4 is 10.8 Å². The zero-order valence-corrected chi connectivity index (χ0v) is 7.60. The van der Waals surface area contributed by atoms with Crippen LogP contribution in [0.25, 0.3) is 10.8 Å². The second kappa shape index (κ2) is 2.80. The van der Waals surface area contributed by atoms with Crippen LogP contribution in [0.2, 0.25) is 0 Å². The van der Waals surface area contributed by atoms with Gasteiger partial charge in [-0.2, -0.15) is 0 Å². The predicted molar refractivity (Wildman–Crippen MR) is 54.1 cm³/mol. The summed E-state index contributed by atoms with van der Waals surface area (Å²) < 4.78 is 0. The summed E-state index contributed by atoms with van der Waals surface area (Å²) >= 11 is 0. The van der Waals surface area contributed by atoms with Crippen molar-refractivity contribution in [1.29, 1.82) is 0 Å². The summed E-state index contributed by atoms with van der Waals surface area (Å²) in [6.45, 7) is 0. The third-order valence-electron chi connectivity index (χ3n) is 2.90. The van der Waals surface area contributed by atoms with E-state index in [4.69, 9.17) is 5.26 Å². The molecule has 70 valence electrons.